The van der Waals surface area contributed by atoms with Gasteiger partial charge in [0.25, 0.3) is 0 Å². The van der Waals surface area contributed by atoms with Crippen molar-refractivity contribution in [2.45, 2.75) is 6.42 Å². The van der Waals surface area contributed by atoms with Crippen LogP contribution >= 0.6 is 0 Å². The van der Waals surface area contributed by atoms with E-state index in [9.17, 15) is 0 Å². The average molecular weight is 235 g/mol. The van der Waals surface area contributed by atoms with E-state index in [1.807, 2.05) is 6.07 Å². The van der Waals surface area contributed by atoms with Gasteiger partial charge in [-0.3, -0.25) is 0 Å². The van der Waals surface area contributed by atoms with Crippen LogP contribution in [-0.2, 0) is 0 Å². The van der Waals surface area contributed by atoms with Crippen molar-refractivity contribution < 1.29 is 14.2 Å². The van der Waals surface area contributed by atoms with Gasteiger partial charge in [-0.15, -0.1) is 0 Å². The van der Waals surface area contributed by atoms with Gasteiger partial charge in [0, 0.05) is 13.0 Å². The smallest absolute Gasteiger partial charge is 0.204 e. The van der Waals surface area contributed by atoms with Crippen LogP contribution in [0.2, 0.25) is 0 Å². The largest absolute Gasteiger partial charge is 0.493 e. The summed E-state index contributed by atoms with van der Waals surface area (Å²) in [4.78, 5) is 0. The van der Waals surface area contributed by atoms with E-state index in [2.05, 4.69) is 11.8 Å². The second kappa shape index (κ2) is 6.66. The first-order chi connectivity index (χ1) is 8.28. The van der Waals surface area contributed by atoms with Gasteiger partial charge in [0.15, 0.2) is 11.5 Å². The summed E-state index contributed by atoms with van der Waals surface area (Å²) in [7, 11) is 4.72. The van der Waals surface area contributed by atoms with E-state index < -0.39 is 0 Å². The minimum atomic E-state index is 0.544. The molecule has 4 nitrogen and oxygen atoms in total. The summed E-state index contributed by atoms with van der Waals surface area (Å²) in [6.07, 6.45) is 0.650. The summed E-state index contributed by atoms with van der Waals surface area (Å²) in [6.45, 7) is 0.544. The molecule has 92 valence electrons. The molecule has 0 aliphatic carbocycles. The Hall–Kier alpha value is -1.86. The van der Waals surface area contributed by atoms with Crippen LogP contribution in [0.15, 0.2) is 12.1 Å². The highest BCUT2D eigenvalue weighted by Crippen LogP contribution is 2.39. The molecule has 1 aromatic rings. The lowest BCUT2D eigenvalue weighted by Gasteiger charge is -2.12. The SMILES string of the molecule is COc1ccc(C#CCCN)c(OC)c1OC. The molecular formula is C13H17NO3. The van der Waals surface area contributed by atoms with Gasteiger partial charge in [-0.05, 0) is 12.1 Å². The third kappa shape index (κ3) is 3.05. The molecular weight excluding hydrogens is 218 g/mol. The number of nitrogens with two attached hydrogens (primary N) is 1. The third-order valence-electron chi connectivity index (χ3n) is 2.20. The van der Waals surface area contributed by atoms with Crippen molar-refractivity contribution in [3.05, 3.63) is 17.7 Å². The van der Waals surface area contributed by atoms with E-state index in [-0.39, 0.29) is 0 Å². The number of benzene rings is 1. The number of hydrogen-bond donors (Lipinski definition) is 1. The predicted molar refractivity (Wildman–Crippen MR) is 66.6 cm³/mol. The van der Waals surface area contributed by atoms with Crippen LogP contribution < -0.4 is 19.9 Å². The number of methoxy groups -OCH3 is 3. The summed E-state index contributed by atoms with van der Waals surface area (Å²) >= 11 is 0. The molecule has 0 fully saturated rings. The molecule has 0 unspecified atom stereocenters. The normalized spacial score (nSPS) is 9.18. The Morgan fingerprint density at radius 2 is 1.76 bits per heavy atom. The van der Waals surface area contributed by atoms with Gasteiger partial charge in [0.2, 0.25) is 5.75 Å². The van der Waals surface area contributed by atoms with Crippen molar-refractivity contribution in [2.75, 3.05) is 27.9 Å². The molecule has 0 aliphatic rings. The molecule has 0 saturated heterocycles. The lowest BCUT2D eigenvalue weighted by Crippen LogP contribution is -1.97. The Labute approximate surface area is 102 Å². The Bertz CT molecular complexity index is 432. The summed E-state index contributed by atoms with van der Waals surface area (Å²) in [5.74, 6) is 7.71. The molecule has 0 aromatic heterocycles. The highest BCUT2D eigenvalue weighted by molar-refractivity contribution is 5.60. The fraction of sp³-hybridized carbons (Fsp3) is 0.385. The molecule has 0 spiro atoms. The first-order valence-corrected chi connectivity index (χ1v) is 5.26. The minimum Gasteiger partial charge on any atom is -0.493 e. The number of rotatable bonds is 4. The maximum atomic E-state index is 5.39. The van der Waals surface area contributed by atoms with Gasteiger partial charge in [0.05, 0.1) is 26.9 Å². The molecule has 0 amide bonds. The molecule has 2 N–H and O–H groups in total. The summed E-state index contributed by atoms with van der Waals surface area (Å²) in [5.41, 5.74) is 6.15. The van der Waals surface area contributed by atoms with E-state index in [1.165, 1.54) is 0 Å². The number of hydrogen-bond acceptors (Lipinski definition) is 4. The maximum Gasteiger partial charge on any atom is 0.204 e. The van der Waals surface area contributed by atoms with Gasteiger partial charge in [-0.2, -0.15) is 0 Å². The van der Waals surface area contributed by atoms with Crippen molar-refractivity contribution in [1.29, 1.82) is 0 Å². The number of ether oxygens (including phenoxy) is 3. The highest BCUT2D eigenvalue weighted by atomic mass is 16.5. The highest BCUT2D eigenvalue weighted by Gasteiger charge is 2.14. The van der Waals surface area contributed by atoms with E-state index >= 15 is 0 Å². The van der Waals surface area contributed by atoms with Crippen molar-refractivity contribution in [3.63, 3.8) is 0 Å². The molecule has 4 heteroatoms. The minimum absolute atomic E-state index is 0.544. The lowest BCUT2D eigenvalue weighted by molar-refractivity contribution is 0.324. The van der Waals surface area contributed by atoms with E-state index in [1.54, 1.807) is 27.4 Å². The topological polar surface area (TPSA) is 53.7 Å². The molecule has 0 heterocycles. The van der Waals surface area contributed by atoms with Crippen LogP contribution in [0.5, 0.6) is 17.2 Å². The molecule has 0 radical (unpaired) electrons. The summed E-state index contributed by atoms with van der Waals surface area (Å²) in [6, 6.07) is 3.64. The summed E-state index contributed by atoms with van der Waals surface area (Å²) in [5, 5.41) is 0. The van der Waals surface area contributed by atoms with Crippen LogP contribution in [0.4, 0.5) is 0 Å². The standard InChI is InChI=1S/C13H17NO3/c1-15-11-8-7-10(6-4-5-9-14)12(16-2)13(11)17-3/h7-8H,5,9,14H2,1-3H3. The predicted octanol–water partition coefficient (Wildman–Crippen LogP) is 1.41. The van der Waals surface area contributed by atoms with Gasteiger partial charge in [-0.1, -0.05) is 11.8 Å². The second-order valence-electron chi connectivity index (χ2n) is 3.22. The van der Waals surface area contributed by atoms with Gasteiger partial charge >= 0.3 is 0 Å². The second-order valence-corrected chi connectivity index (χ2v) is 3.22. The Morgan fingerprint density at radius 3 is 2.29 bits per heavy atom. The fourth-order valence-electron chi connectivity index (χ4n) is 1.43. The van der Waals surface area contributed by atoms with Crippen LogP contribution in [0.25, 0.3) is 0 Å². The van der Waals surface area contributed by atoms with E-state index in [0.717, 1.165) is 5.56 Å². The van der Waals surface area contributed by atoms with Gasteiger partial charge in [0.1, 0.15) is 0 Å². The van der Waals surface area contributed by atoms with Crippen LogP contribution in [0, 0.1) is 11.8 Å². The molecule has 0 atom stereocenters. The van der Waals surface area contributed by atoms with Crippen molar-refractivity contribution in [1.82, 2.24) is 0 Å². The Kier molecular flexibility index (Phi) is 5.18. The molecule has 0 saturated carbocycles. The van der Waals surface area contributed by atoms with Crippen molar-refractivity contribution in [2.24, 2.45) is 5.73 Å². The monoisotopic (exact) mass is 235 g/mol. The fourth-order valence-corrected chi connectivity index (χ4v) is 1.43. The lowest BCUT2D eigenvalue weighted by atomic mass is 10.1. The zero-order valence-electron chi connectivity index (χ0n) is 10.4. The third-order valence-corrected chi connectivity index (χ3v) is 2.20. The Balaban J connectivity index is 3.20. The molecule has 1 aromatic carbocycles. The first-order valence-electron chi connectivity index (χ1n) is 5.26. The quantitative estimate of drug-likeness (QED) is 0.802. The Morgan fingerprint density at radius 1 is 1.06 bits per heavy atom. The van der Waals surface area contributed by atoms with E-state index in [0.29, 0.717) is 30.2 Å². The first kappa shape index (κ1) is 13.2. The van der Waals surface area contributed by atoms with Crippen molar-refractivity contribution >= 4 is 0 Å². The average Bonchev–Trinajstić information content (AvgIpc) is 2.38. The molecule has 0 aliphatic heterocycles. The molecule has 0 bridgehead atoms. The van der Waals surface area contributed by atoms with Crippen LogP contribution in [0.1, 0.15) is 12.0 Å². The maximum absolute atomic E-state index is 5.39. The molecule has 1 rings (SSSR count). The van der Waals surface area contributed by atoms with Crippen LogP contribution in [-0.4, -0.2) is 27.9 Å². The zero-order valence-corrected chi connectivity index (χ0v) is 10.4. The zero-order chi connectivity index (χ0) is 12.7. The van der Waals surface area contributed by atoms with Crippen molar-refractivity contribution in [3.8, 4) is 29.1 Å². The van der Waals surface area contributed by atoms with Gasteiger partial charge < -0.3 is 19.9 Å². The van der Waals surface area contributed by atoms with E-state index in [4.69, 9.17) is 19.9 Å². The van der Waals surface area contributed by atoms with Crippen LogP contribution in [0.3, 0.4) is 0 Å². The summed E-state index contributed by atoms with van der Waals surface area (Å²) < 4.78 is 15.8. The van der Waals surface area contributed by atoms with Gasteiger partial charge in [-0.25, -0.2) is 0 Å². The molecule has 17 heavy (non-hydrogen) atoms.